The SMILES string of the molecule is CC(C)(C)OC(=O)N1CCN(C(N)=NCCC2=CCCCC2)CC1.I. The van der Waals surface area contributed by atoms with Gasteiger partial charge in [0.2, 0.25) is 0 Å². The van der Waals surface area contributed by atoms with Crippen LogP contribution in [0, 0.1) is 0 Å². The van der Waals surface area contributed by atoms with E-state index >= 15 is 0 Å². The molecule has 1 fully saturated rings. The Bertz CT molecular complexity index is 492. The number of hydrogen-bond donors (Lipinski definition) is 1. The number of guanidine groups is 1. The zero-order chi connectivity index (χ0) is 17.6. The summed E-state index contributed by atoms with van der Waals surface area (Å²) in [6, 6.07) is 0. The van der Waals surface area contributed by atoms with E-state index in [1.54, 1.807) is 4.90 Å². The minimum absolute atomic E-state index is 0. The number of allylic oxidation sites excluding steroid dienone is 1. The van der Waals surface area contributed by atoms with E-state index in [-0.39, 0.29) is 30.1 Å². The number of carbonyl (C=O) groups excluding carboxylic acids is 1. The van der Waals surface area contributed by atoms with E-state index in [9.17, 15) is 4.79 Å². The maximum Gasteiger partial charge on any atom is 0.410 e. The van der Waals surface area contributed by atoms with Crippen LogP contribution in [0.5, 0.6) is 0 Å². The zero-order valence-corrected chi connectivity index (χ0v) is 18.1. The second-order valence-electron chi connectivity index (χ2n) is 7.55. The monoisotopic (exact) mass is 464 g/mol. The molecule has 25 heavy (non-hydrogen) atoms. The third-order valence-electron chi connectivity index (χ3n) is 4.35. The van der Waals surface area contributed by atoms with Crippen LogP contribution in [-0.4, -0.2) is 60.2 Å². The van der Waals surface area contributed by atoms with Crippen molar-refractivity contribution in [3.05, 3.63) is 11.6 Å². The average molecular weight is 464 g/mol. The van der Waals surface area contributed by atoms with Crippen molar-refractivity contribution >= 4 is 36.0 Å². The Kier molecular flexibility index (Phi) is 9.02. The molecule has 0 bridgehead atoms. The van der Waals surface area contributed by atoms with Crippen molar-refractivity contribution in [3.63, 3.8) is 0 Å². The first-order valence-electron chi connectivity index (χ1n) is 9.06. The van der Waals surface area contributed by atoms with Gasteiger partial charge in [0.25, 0.3) is 0 Å². The zero-order valence-electron chi connectivity index (χ0n) is 15.8. The van der Waals surface area contributed by atoms with Crippen LogP contribution in [0.1, 0.15) is 52.9 Å². The van der Waals surface area contributed by atoms with Crippen molar-refractivity contribution in [2.45, 2.75) is 58.5 Å². The van der Waals surface area contributed by atoms with Gasteiger partial charge in [-0.25, -0.2) is 4.79 Å². The Labute approximate surface area is 168 Å². The Morgan fingerprint density at radius 2 is 1.84 bits per heavy atom. The van der Waals surface area contributed by atoms with Gasteiger partial charge in [0, 0.05) is 32.7 Å². The summed E-state index contributed by atoms with van der Waals surface area (Å²) in [5.41, 5.74) is 7.17. The number of ether oxygens (including phenoxy) is 1. The standard InChI is InChI=1S/C18H32N4O2.HI/c1-18(2,3)24-17(23)22-13-11-21(12-14-22)16(19)20-10-9-15-7-5-4-6-8-15;/h7H,4-6,8-14H2,1-3H3,(H2,19,20);1H. The Morgan fingerprint density at radius 3 is 2.40 bits per heavy atom. The Hall–Kier alpha value is -0.990. The van der Waals surface area contributed by atoms with Crippen LogP contribution in [0.4, 0.5) is 4.79 Å². The molecule has 0 aromatic heterocycles. The highest BCUT2D eigenvalue weighted by Crippen LogP contribution is 2.19. The van der Waals surface area contributed by atoms with Crippen LogP contribution in [0.15, 0.2) is 16.6 Å². The molecule has 1 saturated heterocycles. The molecular formula is C18H33IN4O2. The topological polar surface area (TPSA) is 71.2 Å². The predicted octanol–water partition coefficient (Wildman–Crippen LogP) is 3.36. The molecule has 0 unspecified atom stereocenters. The van der Waals surface area contributed by atoms with Gasteiger partial charge in [-0.05, 0) is 52.9 Å². The molecule has 0 radical (unpaired) electrons. The fourth-order valence-electron chi connectivity index (χ4n) is 2.99. The Morgan fingerprint density at radius 1 is 1.20 bits per heavy atom. The third-order valence-corrected chi connectivity index (χ3v) is 4.35. The van der Waals surface area contributed by atoms with E-state index in [0.29, 0.717) is 32.1 Å². The third kappa shape index (κ3) is 7.83. The highest BCUT2D eigenvalue weighted by atomic mass is 127. The fourth-order valence-corrected chi connectivity index (χ4v) is 2.99. The molecule has 2 N–H and O–H groups in total. The van der Waals surface area contributed by atoms with Crippen LogP contribution in [0.3, 0.4) is 0 Å². The first kappa shape index (κ1) is 22.1. The molecule has 144 valence electrons. The maximum absolute atomic E-state index is 12.1. The first-order chi connectivity index (χ1) is 11.3. The number of aliphatic imine (C=N–C) groups is 1. The molecule has 2 aliphatic rings. The summed E-state index contributed by atoms with van der Waals surface area (Å²) >= 11 is 0. The van der Waals surface area contributed by atoms with Gasteiger partial charge in [0.1, 0.15) is 5.60 Å². The smallest absolute Gasteiger partial charge is 0.410 e. The fraction of sp³-hybridized carbons (Fsp3) is 0.778. The molecule has 7 heteroatoms. The van der Waals surface area contributed by atoms with E-state index in [2.05, 4.69) is 16.0 Å². The number of halogens is 1. The van der Waals surface area contributed by atoms with Crippen molar-refractivity contribution in [1.82, 2.24) is 9.80 Å². The van der Waals surface area contributed by atoms with Gasteiger partial charge in [-0.3, -0.25) is 4.99 Å². The van der Waals surface area contributed by atoms with Gasteiger partial charge in [0.05, 0.1) is 0 Å². The minimum Gasteiger partial charge on any atom is -0.444 e. The second-order valence-corrected chi connectivity index (χ2v) is 7.55. The van der Waals surface area contributed by atoms with Crippen LogP contribution in [0.25, 0.3) is 0 Å². The van der Waals surface area contributed by atoms with Crippen molar-refractivity contribution in [1.29, 1.82) is 0 Å². The van der Waals surface area contributed by atoms with Gasteiger partial charge < -0.3 is 20.3 Å². The lowest BCUT2D eigenvalue weighted by molar-refractivity contribution is 0.0186. The maximum atomic E-state index is 12.1. The Balaban J connectivity index is 0.00000312. The number of hydrogen-bond acceptors (Lipinski definition) is 3. The lowest BCUT2D eigenvalue weighted by Crippen LogP contribution is -2.53. The van der Waals surface area contributed by atoms with E-state index in [4.69, 9.17) is 10.5 Å². The largest absolute Gasteiger partial charge is 0.444 e. The van der Waals surface area contributed by atoms with Crippen molar-refractivity contribution in [2.75, 3.05) is 32.7 Å². The molecule has 0 aromatic rings. The normalized spacial score (nSPS) is 19.2. The van der Waals surface area contributed by atoms with Gasteiger partial charge in [-0.2, -0.15) is 0 Å². The van der Waals surface area contributed by atoms with E-state index < -0.39 is 5.60 Å². The van der Waals surface area contributed by atoms with Crippen molar-refractivity contribution in [2.24, 2.45) is 10.7 Å². The molecule has 1 heterocycles. The summed E-state index contributed by atoms with van der Waals surface area (Å²) in [4.78, 5) is 20.4. The second kappa shape index (κ2) is 10.2. The summed E-state index contributed by atoms with van der Waals surface area (Å²) in [6.45, 7) is 9.06. The molecule has 2 rings (SSSR count). The molecule has 6 nitrogen and oxygen atoms in total. The summed E-state index contributed by atoms with van der Waals surface area (Å²) in [5.74, 6) is 0.593. The van der Waals surface area contributed by atoms with Gasteiger partial charge in [-0.1, -0.05) is 11.6 Å². The predicted molar refractivity (Wildman–Crippen MR) is 112 cm³/mol. The number of rotatable bonds is 3. The first-order valence-corrected chi connectivity index (χ1v) is 9.06. The van der Waals surface area contributed by atoms with E-state index in [1.165, 1.54) is 31.3 Å². The van der Waals surface area contributed by atoms with Gasteiger partial charge in [0.15, 0.2) is 5.96 Å². The molecule has 0 spiro atoms. The summed E-state index contributed by atoms with van der Waals surface area (Å²) in [7, 11) is 0. The van der Waals surface area contributed by atoms with Gasteiger partial charge in [-0.15, -0.1) is 24.0 Å². The lowest BCUT2D eigenvalue weighted by Gasteiger charge is -2.36. The molecule has 0 aromatic carbocycles. The van der Waals surface area contributed by atoms with Gasteiger partial charge >= 0.3 is 6.09 Å². The van der Waals surface area contributed by atoms with Crippen molar-refractivity contribution in [3.8, 4) is 0 Å². The quantitative estimate of drug-likeness (QED) is 0.301. The molecule has 0 atom stereocenters. The van der Waals surface area contributed by atoms with E-state index in [1.807, 2.05) is 20.8 Å². The van der Waals surface area contributed by atoms with Crippen LogP contribution < -0.4 is 5.73 Å². The molecular weight excluding hydrogens is 431 g/mol. The summed E-state index contributed by atoms with van der Waals surface area (Å²) in [5, 5.41) is 0. The molecule has 1 aliphatic heterocycles. The molecule has 1 aliphatic carbocycles. The highest BCUT2D eigenvalue weighted by molar-refractivity contribution is 14.0. The minimum atomic E-state index is -0.456. The number of amides is 1. The number of nitrogens with two attached hydrogens (primary N) is 1. The van der Waals surface area contributed by atoms with Crippen LogP contribution in [0.2, 0.25) is 0 Å². The van der Waals surface area contributed by atoms with Crippen molar-refractivity contribution < 1.29 is 9.53 Å². The van der Waals surface area contributed by atoms with Crippen LogP contribution in [-0.2, 0) is 4.74 Å². The van der Waals surface area contributed by atoms with Crippen LogP contribution >= 0.6 is 24.0 Å². The molecule has 0 saturated carbocycles. The van der Waals surface area contributed by atoms with E-state index in [0.717, 1.165) is 13.0 Å². The average Bonchev–Trinajstić information content (AvgIpc) is 2.54. The summed E-state index contributed by atoms with van der Waals surface area (Å²) < 4.78 is 5.41. The highest BCUT2D eigenvalue weighted by Gasteiger charge is 2.26. The summed E-state index contributed by atoms with van der Waals surface area (Å²) in [6.07, 6.45) is 8.16. The number of carbonyl (C=O) groups is 1. The number of nitrogens with zero attached hydrogens (tertiary/aromatic N) is 3. The number of piperazine rings is 1. The lowest BCUT2D eigenvalue weighted by atomic mass is 9.97. The molecule has 1 amide bonds.